The number of rotatable bonds is 8. The average Bonchev–Trinajstić information content (AvgIpc) is 2.65. The molecule has 1 aromatic carbocycles. The standard InChI is InChI=1S/C19H25N3O3S/c1-5-22(12-14-6-8-15(25-3)9-7-14)17(23)11-10-16-13(2)20-19(26-4)21-18(16)24/h6-9H,5,10-12H2,1-4H3,(H,20,21,24). The van der Waals surface area contributed by atoms with E-state index in [1.807, 2.05) is 44.4 Å². The van der Waals surface area contributed by atoms with Gasteiger partial charge in [-0.05, 0) is 44.2 Å². The summed E-state index contributed by atoms with van der Waals surface area (Å²) in [5.74, 6) is 0.815. The molecular formula is C19H25N3O3S. The molecule has 1 heterocycles. The number of amides is 1. The van der Waals surface area contributed by atoms with E-state index >= 15 is 0 Å². The number of nitrogens with one attached hydrogen (secondary N) is 1. The second kappa shape index (κ2) is 9.43. The first-order valence-electron chi connectivity index (χ1n) is 8.53. The van der Waals surface area contributed by atoms with Crippen LogP contribution in [-0.2, 0) is 17.8 Å². The quantitative estimate of drug-likeness (QED) is 0.567. The molecule has 0 spiro atoms. The molecule has 2 aromatic rings. The molecular weight excluding hydrogens is 350 g/mol. The van der Waals surface area contributed by atoms with Crippen molar-refractivity contribution in [2.24, 2.45) is 0 Å². The highest BCUT2D eigenvalue weighted by Gasteiger charge is 2.15. The van der Waals surface area contributed by atoms with E-state index in [2.05, 4.69) is 9.97 Å². The molecule has 0 saturated carbocycles. The van der Waals surface area contributed by atoms with Gasteiger partial charge in [-0.2, -0.15) is 0 Å². The average molecular weight is 375 g/mol. The van der Waals surface area contributed by atoms with Crippen molar-refractivity contribution in [1.29, 1.82) is 0 Å². The summed E-state index contributed by atoms with van der Waals surface area (Å²) < 4.78 is 5.15. The number of aromatic amines is 1. The van der Waals surface area contributed by atoms with E-state index in [9.17, 15) is 9.59 Å². The van der Waals surface area contributed by atoms with Crippen LogP contribution in [0.4, 0.5) is 0 Å². The van der Waals surface area contributed by atoms with Crippen molar-refractivity contribution in [1.82, 2.24) is 14.9 Å². The number of methoxy groups -OCH3 is 1. The van der Waals surface area contributed by atoms with Crippen molar-refractivity contribution < 1.29 is 9.53 Å². The molecule has 0 bridgehead atoms. The maximum atomic E-state index is 12.6. The third kappa shape index (κ3) is 5.11. The smallest absolute Gasteiger partial charge is 0.254 e. The Morgan fingerprint density at radius 2 is 2.00 bits per heavy atom. The maximum Gasteiger partial charge on any atom is 0.254 e. The second-order valence-electron chi connectivity index (χ2n) is 5.90. The molecule has 0 fully saturated rings. The number of aromatic nitrogens is 2. The lowest BCUT2D eigenvalue weighted by Crippen LogP contribution is -2.31. The monoisotopic (exact) mass is 375 g/mol. The van der Waals surface area contributed by atoms with Crippen molar-refractivity contribution in [2.75, 3.05) is 19.9 Å². The lowest BCUT2D eigenvalue weighted by molar-refractivity contribution is -0.131. The van der Waals surface area contributed by atoms with E-state index in [-0.39, 0.29) is 17.9 Å². The Kier molecular flexibility index (Phi) is 7.26. The third-order valence-electron chi connectivity index (χ3n) is 4.25. The van der Waals surface area contributed by atoms with Crippen LogP contribution in [0.1, 0.15) is 30.2 Å². The lowest BCUT2D eigenvalue weighted by Gasteiger charge is -2.21. The number of aryl methyl sites for hydroxylation is 1. The van der Waals surface area contributed by atoms with Gasteiger partial charge in [-0.1, -0.05) is 23.9 Å². The van der Waals surface area contributed by atoms with Crippen LogP contribution in [0.2, 0.25) is 0 Å². The first-order chi connectivity index (χ1) is 12.5. The zero-order valence-electron chi connectivity index (χ0n) is 15.7. The predicted molar refractivity (Wildman–Crippen MR) is 104 cm³/mol. The fourth-order valence-electron chi connectivity index (χ4n) is 2.69. The van der Waals surface area contributed by atoms with Crippen molar-refractivity contribution >= 4 is 17.7 Å². The molecule has 6 nitrogen and oxygen atoms in total. The van der Waals surface area contributed by atoms with Gasteiger partial charge in [0, 0.05) is 30.8 Å². The zero-order valence-corrected chi connectivity index (χ0v) is 16.5. The molecule has 0 radical (unpaired) electrons. The van der Waals surface area contributed by atoms with Crippen LogP contribution >= 0.6 is 11.8 Å². The number of nitrogens with zero attached hydrogens (tertiary/aromatic N) is 2. The minimum absolute atomic E-state index is 0.0241. The Hall–Kier alpha value is -2.28. The number of ether oxygens (including phenoxy) is 1. The fraction of sp³-hybridized carbons (Fsp3) is 0.421. The van der Waals surface area contributed by atoms with E-state index in [0.29, 0.717) is 35.9 Å². The van der Waals surface area contributed by atoms with Crippen molar-refractivity contribution in [3.63, 3.8) is 0 Å². The Labute approximate surface area is 158 Å². The van der Waals surface area contributed by atoms with Gasteiger partial charge in [-0.25, -0.2) is 4.98 Å². The molecule has 0 atom stereocenters. The summed E-state index contributed by atoms with van der Waals surface area (Å²) in [5, 5.41) is 0.595. The van der Waals surface area contributed by atoms with Gasteiger partial charge in [0.05, 0.1) is 7.11 Å². The first-order valence-corrected chi connectivity index (χ1v) is 9.75. The van der Waals surface area contributed by atoms with Gasteiger partial charge in [0.2, 0.25) is 5.91 Å². The van der Waals surface area contributed by atoms with E-state index in [1.165, 1.54) is 11.8 Å². The molecule has 26 heavy (non-hydrogen) atoms. The summed E-state index contributed by atoms with van der Waals surface area (Å²) in [5.41, 5.74) is 2.15. The highest BCUT2D eigenvalue weighted by Crippen LogP contribution is 2.14. The largest absolute Gasteiger partial charge is 0.497 e. The predicted octanol–water partition coefficient (Wildman–Crippen LogP) is 2.79. The van der Waals surface area contributed by atoms with E-state index < -0.39 is 0 Å². The van der Waals surface area contributed by atoms with Gasteiger partial charge in [0.25, 0.3) is 5.56 Å². The zero-order chi connectivity index (χ0) is 19.1. The normalized spacial score (nSPS) is 10.6. The number of thioether (sulfide) groups is 1. The Morgan fingerprint density at radius 1 is 1.31 bits per heavy atom. The highest BCUT2D eigenvalue weighted by molar-refractivity contribution is 7.98. The minimum atomic E-state index is -0.159. The Bertz CT molecular complexity index is 803. The number of hydrogen-bond donors (Lipinski definition) is 1. The molecule has 0 unspecified atom stereocenters. The number of carbonyl (C=O) groups is 1. The minimum Gasteiger partial charge on any atom is -0.497 e. The second-order valence-corrected chi connectivity index (χ2v) is 6.69. The number of carbonyl (C=O) groups excluding carboxylic acids is 1. The van der Waals surface area contributed by atoms with E-state index in [4.69, 9.17) is 4.74 Å². The molecule has 2 rings (SSSR count). The summed E-state index contributed by atoms with van der Waals surface area (Å²) >= 11 is 1.39. The van der Waals surface area contributed by atoms with Gasteiger partial charge in [-0.3, -0.25) is 9.59 Å². The summed E-state index contributed by atoms with van der Waals surface area (Å²) in [7, 11) is 1.63. The van der Waals surface area contributed by atoms with Gasteiger partial charge in [-0.15, -0.1) is 0 Å². The Morgan fingerprint density at radius 3 is 2.54 bits per heavy atom. The van der Waals surface area contributed by atoms with Crippen molar-refractivity contribution in [3.05, 3.63) is 51.4 Å². The molecule has 0 aliphatic heterocycles. The summed E-state index contributed by atoms with van der Waals surface area (Å²) in [6.45, 7) is 4.92. The molecule has 0 aliphatic carbocycles. The van der Waals surface area contributed by atoms with Crippen LogP contribution in [-0.4, -0.2) is 40.7 Å². The number of H-pyrrole nitrogens is 1. The SMILES string of the molecule is CCN(Cc1ccc(OC)cc1)C(=O)CCc1c(C)nc(SC)[nH]c1=O. The molecule has 140 valence electrons. The van der Waals surface area contributed by atoms with Crippen molar-refractivity contribution in [2.45, 2.75) is 38.4 Å². The first kappa shape index (κ1) is 20.0. The molecule has 1 N–H and O–H groups in total. The topological polar surface area (TPSA) is 75.3 Å². The van der Waals surface area contributed by atoms with Gasteiger partial charge >= 0.3 is 0 Å². The van der Waals surface area contributed by atoms with Crippen molar-refractivity contribution in [3.8, 4) is 5.75 Å². The van der Waals surface area contributed by atoms with E-state index in [0.717, 1.165) is 11.3 Å². The van der Waals surface area contributed by atoms with Crippen LogP contribution in [0.3, 0.4) is 0 Å². The van der Waals surface area contributed by atoms with Crippen LogP contribution in [0.15, 0.2) is 34.2 Å². The molecule has 0 aliphatic rings. The maximum absolute atomic E-state index is 12.6. The van der Waals surface area contributed by atoms with Crippen LogP contribution in [0, 0.1) is 6.92 Å². The van der Waals surface area contributed by atoms with Crippen LogP contribution in [0.25, 0.3) is 0 Å². The summed E-state index contributed by atoms with van der Waals surface area (Å²) in [6, 6.07) is 7.68. The van der Waals surface area contributed by atoms with Gasteiger partial charge < -0.3 is 14.6 Å². The Balaban J connectivity index is 2.02. The van der Waals surface area contributed by atoms with Gasteiger partial charge in [0.15, 0.2) is 5.16 Å². The fourth-order valence-corrected chi connectivity index (χ4v) is 3.12. The van der Waals surface area contributed by atoms with Crippen LogP contribution < -0.4 is 10.3 Å². The van der Waals surface area contributed by atoms with Crippen LogP contribution in [0.5, 0.6) is 5.75 Å². The third-order valence-corrected chi connectivity index (χ3v) is 4.83. The molecule has 1 amide bonds. The molecule has 0 saturated heterocycles. The molecule has 1 aromatic heterocycles. The lowest BCUT2D eigenvalue weighted by atomic mass is 10.1. The summed E-state index contributed by atoms with van der Waals surface area (Å²) in [6.07, 6.45) is 2.54. The number of benzene rings is 1. The summed E-state index contributed by atoms with van der Waals surface area (Å²) in [4.78, 5) is 33.6. The van der Waals surface area contributed by atoms with Gasteiger partial charge in [0.1, 0.15) is 5.75 Å². The number of hydrogen-bond acceptors (Lipinski definition) is 5. The highest BCUT2D eigenvalue weighted by atomic mass is 32.2. The van der Waals surface area contributed by atoms with E-state index in [1.54, 1.807) is 12.0 Å². The molecule has 7 heteroatoms.